The van der Waals surface area contributed by atoms with E-state index in [2.05, 4.69) is 4.98 Å². The first kappa shape index (κ1) is 10.8. The van der Waals surface area contributed by atoms with Crippen LogP contribution in [-0.4, -0.2) is 24.5 Å². The number of benzene rings is 1. The van der Waals surface area contributed by atoms with E-state index in [1.165, 1.54) is 0 Å². The Morgan fingerprint density at radius 1 is 1.06 bits per heavy atom. The Labute approximate surface area is 104 Å². The van der Waals surface area contributed by atoms with E-state index < -0.39 is 0 Å². The van der Waals surface area contributed by atoms with Crippen molar-refractivity contribution >= 4 is 6.29 Å². The molecule has 2 heterocycles. The molecule has 4 nitrogen and oxygen atoms in total. The first-order valence-corrected chi connectivity index (χ1v) is 5.68. The SMILES string of the molecule is O=Cc1ccnc(-c2ccc3c(c2)OCCO3)c1. The van der Waals surface area contributed by atoms with E-state index in [9.17, 15) is 4.79 Å². The minimum Gasteiger partial charge on any atom is -0.486 e. The van der Waals surface area contributed by atoms with Crippen LogP contribution in [-0.2, 0) is 0 Å². The summed E-state index contributed by atoms with van der Waals surface area (Å²) in [4.78, 5) is 15.0. The number of hydrogen-bond acceptors (Lipinski definition) is 4. The molecule has 1 aliphatic rings. The number of ether oxygens (including phenoxy) is 2. The lowest BCUT2D eigenvalue weighted by Crippen LogP contribution is -2.15. The second-order valence-corrected chi connectivity index (χ2v) is 3.95. The Bertz CT molecular complexity index is 595. The number of rotatable bonds is 2. The van der Waals surface area contributed by atoms with Crippen LogP contribution in [0.3, 0.4) is 0 Å². The van der Waals surface area contributed by atoms with Crippen LogP contribution in [0.4, 0.5) is 0 Å². The van der Waals surface area contributed by atoms with E-state index in [1.807, 2.05) is 18.2 Å². The third-order valence-electron chi connectivity index (χ3n) is 2.76. The number of carbonyl (C=O) groups is 1. The van der Waals surface area contributed by atoms with Crippen molar-refractivity contribution in [1.82, 2.24) is 4.98 Å². The van der Waals surface area contributed by atoms with Crippen LogP contribution in [0.15, 0.2) is 36.5 Å². The lowest BCUT2D eigenvalue weighted by Gasteiger charge is -2.18. The van der Waals surface area contributed by atoms with Crippen molar-refractivity contribution in [2.45, 2.75) is 0 Å². The van der Waals surface area contributed by atoms with Crippen LogP contribution in [0.5, 0.6) is 11.5 Å². The lowest BCUT2D eigenvalue weighted by molar-refractivity contribution is 0.112. The molecule has 0 bridgehead atoms. The van der Waals surface area contributed by atoms with Crippen LogP contribution in [0.2, 0.25) is 0 Å². The zero-order chi connectivity index (χ0) is 12.4. The summed E-state index contributed by atoms with van der Waals surface area (Å²) in [6, 6.07) is 9.07. The van der Waals surface area contributed by atoms with Gasteiger partial charge in [0.15, 0.2) is 11.5 Å². The minimum absolute atomic E-state index is 0.554. The van der Waals surface area contributed by atoms with E-state index in [-0.39, 0.29) is 0 Å². The van der Waals surface area contributed by atoms with Gasteiger partial charge in [-0.3, -0.25) is 9.78 Å². The van der Waals surface area contributed by atoms with Gasteiger partial charge in [-0.05, 0) is 30.3 Å². The molecule has 1 aliphatic heterocycles. The highest BCUT2D eigenvalue weighted by molar-refractivity contribution is 5.77. The van der Waals surface area contributed by atoms with Gasteiger partial charge in [-0.15, -0.1) is 0 Å². The molecule has 0 saturated carbocycles. The average Bonchev–Trinajstić information content (AvgIpc) is 2.47. The van der Waals surface area contributed by atoms with Crippen molar-refractivity contribution in [1.29, 1.82) is 0 Å². The fourth-order valence-electron chi connectivity index (χ4n) is 1.88. The number of carbonyl (C=O) groups excluding carboxylic acids is 1. The monoisotopic (exact) mass is 241 g/mol. The molecule has 0 fully saturated rings. The molecule has 2 aromatic rings. The fourth-order valence-corrected chi connectivity index (χ4v) is 1.88. The second kappa shape index (κ2) is 4.49. The van der Waals surface area contributed by atoms with Gasteiger partial charge in [0, 0.05) is 17.3 Å². The molecule has 0 atom stereocenters. The van der Waals surface area contributed by atoms with Crippen molar-refractivity contribution in [2.75, 3.05) is 13.2 Å². The Balaban J connectivity index is 2.03. The molecule has 1 aromatic heterocycles. The summed E-state index contributed by atoms with van der Waals surface area (Å²) in [5.41, 5.74) is 2.26. The highest BCUT2D eigenvalue weighted by atomic mass is 16.6. The molecule has 0 aliphatic carbocycles. The number of pyridine rings is 1. The largest absolute Gasteiger partial charge is 0.486 e. The summed E-state index contributed by atoms with van der Waals surface area (Å²) >= 11 is 0. The Morgan fingerprint density at radius 2 is 1.89 bits per heavy atom. The van der Waals surface area contributed by atoms with Crippen LogP contribution in [0.1, 0.15) is 10.4 Å². The Hall–Kier alpha value is -2.36. The quantitative estimate of drug-likeness (QED) is 0.757. The number of aromatic nitrogens is 1. The predicted octanol–water partition coefficient (Wildman–Crippen LogP) is 2.33. The van der Waals surface area contributed by atoms with Gasteiger partial charge in [-0.2, -0.15) is 0 Å². The van der Waals surface area contributed by atoms with E-state index in [0.29, 0.717) is 18.8 Å². The van der Waals surface area contributed by atoms with Crippen molar-refractivity contribution in [3.05, 3.63) is 42.1 Å². The van der Waals surface area contributed by atoms with E-state index in [4.69, 9.17) is 9.47 Å². The van der Waals surface area contributed by atoms with Crippen LogP contribution in [0, 0.1) is 0 Å². The standard InChI is InChI=1S/C14H11NO3/c16-9-10-3-4-15-12(7-10)11-1-2-13-14(8-11)18-6-5-17-13/h1-4,7-9H,5-6H2. The minimum atomic E-state index is 0.554. The van der Waals surface area contributed by atoms with Gasteiger partial charge in [0.1, 0.15) is 19.5 Å². The predicted molar refractivity (Wildman–Crippen MR) is 66.1 cm³/mol. The molecule has 0 saturated heterocycles. The van der Waals surface area contributed by atoms with Crippen LogP contribution >= 0.6 is 0 Å². The summed E-state index contributed by atoms with van der Waals surface area (Å²) in [6.45, 7) is 1.13. The molecule has 18 heavy (non-hydrogen) atoms. The first-order valence-electron chi connectivity index (χ1n) is 5.68. The van der Waals surface area contributed by atoms with Gasteiger partial charge in [-0.1, -0.05) is 0 Å². The normalized spacial score (nSPS) is 13.1. The number of hydrogen-bond donors (Lipinski definition) is 0. The van der Waals surface area contributed by atoms with Gasteiger partial charge in [0.2, 0.25) is 0 Å². The van der Waals surface area contributed by atoms with Gasteiger partial charge in [0.05, 0.1) is 5.69 Å². The molecule has 1 aromatic carbocycles. The number of nitrogens with zero attached hydrogens (tertiary/aromatic N) is 1. The molecule has 0 radical (unpaired) electrons. The fraction of sp³-hybridized carbons (Fsp3) is 0.143. The van der Waals surface area contributed by atoms with Crippen molar-refractivity contribution in [3.8, 4) is 22.8 Å². The van der Waals surface area contributed by atoms with E-state index in [0.717, 1.165) is 29.0 Å². The van der Waals surface area contributed by atoms with E-state index in [1.54, 1.807) is 18.3 Å². The smallest absolute Gasteiger partial charge is 0.162 e. The van der Waals surface area contributed by atoms with Crippen molar-refractivity contribution < 1.29 is 14.3 Å². The molecule has 4 heteroatoms. The van der Waals surface area contributed by atoms with Gasteiger partial charge >= 0.3 is 0 Å². The first-order chi connectivity index (χ1) is 8.86. The lowest BCUT2D eigenvalue weighted by atomic mass is 10.1. The maximum absolute atomic E-state index is 10.8. The molecular weight excluding hydrogens is 230 g/mol. The summed E-state index contributed by atoms with van der Waals surface area (Å²) in [7, 11) is 0. The van der Waals surface area contributed by atoms with Crippen molar-refractivity contribution in [2.24, 2.45) is 0 Å². The molecule has 0 unspecified atom stereocenters. The maximum Gasteiger partial charge on any atom is 0.162 e. The van der Waals surface area contributed by atoms with Gasteiger partial charge < -0.3 is 9.47 Å². The van der Waals surface area contributed by atoms with Crippen LogP contribution < -0.4 is 9.47 Å². The summed E-state index contributed by atoms with van der Waals surface area (Å²) in [5.74, 6) is 1.47. The van der Waals surface area contributed by atoms with Gasteiger partial charge in [0.25, 0.3) is 0 Å². The molecule has 90 valence electrons. The third kappa shape index (κ3) is 1.93. The second-order valence-electron chi connectivity index (χ2n) is 3.95. The number of fused-ring (bicyclic) bond motifs is 1. The molecular formula is C14H11NO3. The average molecular weight is 241 g/mol. The number of aldehydes is 1. The van der Waals surface area contributed by atoms with E-state index >= 15 is 0 Å². The van der Waals surface area contributed by atoms with Crippen molar-refractivity contribution in [3.63, 3.8) is 0 Å². The summed E-state index contributed by atoms with van der Waals surface area (Å²) in [5, 5.41) is 0. The molecule has 3 rings (SSSR count). The summed E-state index contributed by atoms with van der Waals surface area (Å²) in [6.07, 6.45) is 2.43. The molecule has 0 spiro atoms. The Morgan fingerprint density at radius 3 is 2.72 bits per heavy atom. The molecule has 0 amide bonds. The Kier molecular flexibility index (Phi) is 2.68. The highest BCUT2D eigenvalue weighted by Gasteiger charge is 2.12. The third-order valence-corrected chi connectivity index (χ3v) is 2.76. The zero-order valence-electron chi connectivity index (χ0n) is 9.63. The highest BCUT2D eigenvalue weighted by Crippen LogP contribution is 2.33. The van der Waals surface area contributed by atoms with Gasteiger partial charge in [-0.25, -0.2) is 0 Å². The zero-order valence-corrected chi connectivity index (χ0v) is 9.63. The topological polar surface area (TPSA) is 48.4 Å². The summed E-state index contributed by atoms with van der Waals surface area (Å²) < 4.78 is 11.0. The molecule has 0 N–H and O–H groups in total. The maximum atomic E-state index is 10.8. The van der Waals surface area contributed by atoms with Crippen LogP contribution in [0.25, 0.3) is 11.3 Å².